The summed E-state index contributed by atoms with van der Waals surface area (Å²) in [6, 6.07) is 16.9. The number of aromatic amines is 2. The SMILES string of the molecule is O=C(Nc1ccncn1)c1cc2ccc(-c3nccc(Nc4ccc5[nH]ncc5c4)n3)cc2[nH]1. The number of H-pyrrole nitrogens is 2. The molecule has 10 heteroatoms. The first-order valence-electron chi connectivity index (χ1n) is 10.4. The number of carbonyl (C=O) groups excluding carboxylic acids is 1. The van der Waals surface area contributed by atoms with E-state index in [9.17, 15) is 4.79 Å². The average molecular weight is 447 g/mol. The molecule has 0 atom stereocenters. The number of aromatic nitrogens is 7. The van der Waals surface area contributed by atoms with E-state index < -0.39 is 0 Å². The molecule has 0 bridgehead atoms. The molecule has 6 aromatic rings. The van der Waals surface area contributed by atoms with E-state index in [0.717, 1.165) is 33.1 Å². The Morgan fingerprint density at radius 3 is 2.71 bits per heavy atom. The van der Waals surface area contributed by atoms with Crippen LogP contribution < -0.4 is 10.6 Å². The van der Waals surface area contributed by atoms with Gasteiger partial charge in [-0.05, 0) is 42.5 Å². The molecule has 34 heavy (non-hydrogen) atoms. The maximum atomic E-state index is 12.6. The Labute approximate surface area is 192 Å². The molecule has 0 aliphatic carbocycles. The number of nitrogens with zero attached hydrogens (tertiary/aromatic N) is 5. The highest BCUT2D eigenvalue weighted by molar-refractivity contribution is 6.05. The van der Waals surface area contributed by atoms with Crippen LogP contribution in [-0.2, 0) is 0 Å². The van der Waals surface area contributed by atoms with Crippen molar-refractivity contribution in [2.45, 2.75) is 0 Å². The molecule has 0 radical (unpaired) electrons. The smallest absolute Gasteiger partial charge is 0.273 e. The number of hydrogen-bond donors (Lipinski definition) is 4. The van der Waals surface area contributed by atoms with Gasteiger partial charge in [0.15, 0.2) is 5.82 Å². The van der Waals surface area contributed by atoms with E-state index in [0.29, 0.717) is 23.2 Å². The van der Waals surface area contributed by atoms with Crippen molar-refractivity contribution in [1.29, 1.82) is 0 Å². The van der Waals surface area contributed by atoms with Crippen molar-refractivity contribution in [1.82, 2.24) is 35.1 Å². The number of benzene rings is 2. The molecule has 0 aliphatic heterocycles. The lowest BCUT2D eigenvalue weighted by Crippen LogP contribution is -2.13. The van der Waals surface area contributed by atoms with Gasteiger partial charge in [0.1, 0.15) is 23.7 Å². The molecule has 2 aromatic carbocycles. The topological polar surface area (TPSA) is 137 Å². The maximum absolute atomic E-state index is 12.6. The van der Waals surface area contributed by atoms with Gasteiger partial charge in [0, 0.05) is 39.9 Å². The Hall–Kier alpha value is -5.12. The number of rotatable bonds is 5. The van der Waals surface area contributed by atoms with E-state index in [1.807, 2.05) is 42.5 Å². The van der Waals surface area contributed by atoms with E-state index >= 15 is 0 Å². The second-order valence-electron chi connectivity index (χ2n) is 7.60. The number of amides is 1. The molecule has 0 saturated carbocycles. The molecule has 0 aliphatic rings. The van der Waals surface area contributed by atoms with Gasteiger partial charge in [-0.2, -0.15) is 5.10 Å². The third kappa shape index (κ3) is 3.79. The fraction of sp³-hybridized carbons (Fsp3) is 0. The van der Waals surface area contributed by atoms with E-state index in [1.54, 1.807) is 30.7 Å². The number of fused-ring (bicyclic) bond motifs is 2. The van der Waals surface area contributed by atoms with Crippen LogP contribution in [0.5, 0.6) is 0 Å². The molecule has 0 saturated heterocycles. The van der Waals surface area contributed by atoms with Gasteiger partial charge in [0.25, 0.3) is 5.91 Å². The second-order valence-corrected chi connectivity index (χ2v) is 7.60. The lowest BCUT2D eigenvalue weighted by molar-refractivity contribution is 0.102. The molecular weight excluding hydrogens is 430 g/mol. The molecule has 4 N–H and O–H groups in total. The summed E-state index contributed by atoms with van der Waals surface area (Å²) in [5, 5.41) is 15.0. The van der Waals surface area contributed by atoms with Crippen LogP contribution in [0.3, 0.4) is 0 Å². The van der Waals surface area contributed by atoms with Crippen molar-refractivity contribution in [3.63, 3.8) is 0 Å². The normalized spacial score (nSPS) is 11.1. The molecule has 0 unspecified atom stereocenters. The largest absolute Gasteiger partial charge is 0.350 e. The van der Waals surface area contributed by atoms with E-state index in [-0.39, 0.29) is 5.91 Å². The fourth-order valence-corrected chi connectivity index (χ4v) is 3.67. The van der Waals surface area contributed by atoms with Gasteiger partial charge in [-0.1, -0.05) is 12.1 Å². The van der Waals surface area contributed by atoms with Gasteiger partial charge in [0.05, 0.1) is 11.7 Å². The summed E-state index contributed by atoms with van der Waals surface area (Å²) in [6.45, 7) is 0. The van der Waals surface area contributed by atoms with Gasteiger partial charge in [0.2, 0.25) is 0 Å². The lowest BCUT2D eigenvalue weighted by Gasteiger charge is -2.07. The van der Waals surface area contributed by atoms with Crippen molar-refractivity contribution in [3.05, 3.63) is 85.2 Å². The first kappa shape index (κ1) is 19.6. The third-order valence-corrected chi connectivity index (χ3v) is 5.32. The van der Waals surface area contributed by atoms with Crippen LogP contribution in [0.25, 0.3) is 33.2 Å². The van der Waals surface area contributed by atoms with Crippen LogP contribution in [0.1, 0.15) is 10.5 Å². The number of anilines is 3. The minimum absolute atomic E-state index is 0.284. The average Bonchev–Trinajstić information content (AvgIpc) is 3.51. The summed E-state index contributed by atoms with van der Waals surface area (Å²) in [5.41, 5.74) is 3.93. The summed E-state index contributed by atoms with van der Waals surface area (Å²) in [7, 11) is 0. The van der Waals surface area contributed by atoms with Crippen LogP contribution in [0.4, 0.5) is 17.3 Å². The van der Waals surface area contributed by atoms with Gasteiger partial charge in [-0.25, -0.2) is 19.9 Å². The van der Waals surface area contributed by atoms with Crippen molar-refractivity contribution in [3.8, 4) is 11.4 Å². The van der Waals surface area contributed by atoms with Crippen molar-refractivity contribution >= 4 is 45.0 Å². The van der Waals surface area contributed by atoms with Crippen LogP contribution >= 0.6 is 0 Å². The molecule has 4 aromatic heterocycles. The molecule has 6 rings (SSSR count). The number of carbonyl (C=O) groups is 1. The monoisotopic (exact) mass is 447 g/mol. The summed E-state index contributed by atoms with van der Waals surface area (Å²) in [6.07, 6.45) is 6.44. The predicted molar refractivity (Wildman–Crippen MR) is 129 cm³/mol. The quantitative estimate of drug-likeness (QED) is 0.309. The molecule has 10 nitrogen and oxygen atoms in total. The highest BCUT2D eigenvalue weighted by atomic mass is 16.1. The minimum Gasteiger partial charge on any atom is -0.350 e. The van der Waals surface area contributed by atoms with Crippen LogP contribution in [-0.4, -0.2) is 41.0 Å². The van der Waals surface area contributed by atoms with Gasteiger partial charge in [-0.3, -0.25) is 9.89 Å². The van der Waals surface area contributed by atoms with Crippen LogP contribution in [0.15, 0.2) is 79.5 Å². The zero-order valence-corrected chi connectivity index (χ0v) is 17.6. The second kappa shape index (κ2) is 8.10. The highest BCUT2D eigenvalue weighted by Gasteiger charge is 2.12. The standard InChI is InChI=1S/C24H17N9O/c34-24(32-21-5-7-25-13-27-21)20-10-14-1-2-15(11-19(14)30-20)23-26-8-6-22(31-23)29-17-3-4-18-16(9-17)12-28-33-18/h1-13,30H,(H,28,33)(H,26,29,31)(H,25,27,32,34). The molecule has 0 fully saturated rings. The summed E-state index contributed by atoms with van der Waals surface area (Å²) in [4.78, 5) is 32.7. The predicted octanol–water partition coefficient (Wildman–Crippen LogP) is 4.29. The number of hydrogen-bond acceptors (Lipinski definition) is 7. The number of nitrogens with one attached hydrogen (secondary N) is 4. The first-order valence-corrected chi connectivity index (χ1v) is 10.4. The third-order valence-electron chi connectivity index (χ3n) is 5.32. The van der Waals surface area contributed by atoms with E-state index in [1.165, 1.54) is 6.33 Å². The Morgan fingerprint density at radius 1 is 0.853 bits per heavy atom. The highest BCUT2D eigenvalue weighted by Crippen LogP contribution is 2.25. The zero-order valence-electron chi connectivity index (χ0n) is 17.6. The van der Waals surface area contributed by atoms with Gasteiger partial charge >= 0.3 is 0 Å². The van der Waals surface area contributed by atoms with E-state index in [4.69, 9.17) is 0 Å². The molecular formula is C24H17N9O. The minimum atomic E-state index is -0.284. The molecule has 4 heterocycles. The summed E-state index contributed by atoms with van der Waals surface area (Å²) in [5.74, 6) is 1.39. The Morgan fingerprint density at radius 2 is 1.79 bits per heavy atom. The Bertz CT molecular complexity index is 1640. The van der Waals surface area contributed by atoms with Crippen LogP contribution in [0, 0.1) is 0 Å². The summed E-state index contributed by atoms with van der Waals surface area (Å²) < 4.78 is 0. The van der Waals surface area contributed by atoms with Crippen molar-refractivity contribution < 1.29 is 4.79 Å². The van der Waals surface area contributed by atoms with Crippen molar-refractivity contribution in [2.24, 2.45) is 0 Å². The summed E-state index contributed by atoms with van der Waals surface area (Å²) >= 11 is 0. The molecule has 1 amide bonds. The van der Waals surface area contributed by atoms with Crippen molar-refractivity contribution in [2.75, 3.05) is 10.6 Å². The molecule has 164 valence electrons. The fourth-order valence-electron chi connectivity index (χ4n) is 3.67. The van der Waals surface area contributed by atoms with Gasteiger partial charge in [-0.15, -0.1) is 0 Å². The lowest BCUT2D eigenvalue weighted by atomic mass is 10.1. The Balaban J connectivity index is 1.25. The molecule has 0 spiro atoms. The Kier molecular flexibility index (Phi) is 4.66. The first-order chi connectivity index (χ1) is 16.7. The van der Waals surface area contributed by atoms with E-state index in [2.05, 4.69) is 45.8 Å². The zero-order chi connectivity index (χ0) is 22.9. The maximum Gasteiger partial charge on any atom is 0.273 e. The van der Waals surface area contributed by atoms with Crippen LogP contribution in [0.2, 0.25) is 0 Å². The van der Waals surface area contributed by atoms with Gasteiger partial charge < -0.3 is 15.6 Å².